The van der Waals surface area contributed by atoms with E-state index in [0.717, 1.165) is 34.7 Å². The van der Waals surface area contributed by atoms with E-state index in [9.17, 15) is 4.79 Å². The van der Waals surface area contributed by atoms with Crippen LogP contribution in [-0.4, -0.2) is 10.9 Å². The highest BCUT2D eigenvalue weighted by molar-refractivity contribution is 6.04. The third kappa shape index (κ3) is 5.37. The van der Waals surface area contributed by atoms with Gasteiger partial charge in [0, 0.05) is 23.0 Å². The van der Waals surface area contributed by atoms with Gasteiger partial charge < -0.3 is 10.1 Å². The van der Waals surface area contributed by atoms with Crippen LogP contribution in [0.5, 0.6) is 5.75 Å². The van der Waals surface area contributed by atoms with Crippen molar-refractivity contribution in [3.05, 3.63) is 114 Å². The predicted octanol–water partition coefficient (Wildman–Crippen LogP) is 6.14. The Morgan fingerprint density at radius 3 is 2.23 bits per heavy atom. The summed E-state index contributed by atoms with van der Waals surface area (Å²) >= 11 is 0. The number of amides is 1. The standard InChI is InChI=1S/C27H24N2O2/c1-2-20-8-17-26(28-18-20)22-9-11-23(12-10-22)27(30)29-24-13-15-25(16-14-24)31-19-21-6-4-3-5-7-21/h3-18H,2,19H2,1H3,(H,29,30). The van der Waals surface area contributed by atoms with Crippen LogP contribution in [0.4, 0.5) is 5.69 Å². The van der Waals surface area contributed by atoms with Crippen LogP contribution in [-0.2, 0) is 13.0 Å². The molecule has 4 rings (SSSR count). The Morgan fingerprint density at radius 1 is 0.839 bits per heavy atom. The molecule has 4 nitrogen and oxygen atoms in total. The van der Waals surface area contributed by atoms with Crippen LogP contribution in [0.3, 0.4) is 0 Å². The summed E-state index contributed by atoms with van der Waals surface area (Å²) in [7, 11) is 0. The molecule has 0 fully saturated rings. The maximum atomic E-state index is 12.6. The predicted molar refractivity (Wildman–Crippen MR) is 124 cm³/mol. The zero-order valence-electron chi connectivity index (χ0n) is 17.4. The van der Waals surface area contributed by atoms with Crippen molar-refractivity contribution in [2.45, 2.75) is 20.0 Å². The Kier molecular flexibility index (Phi) is 6.38. The average Bonchev–Trinajstić information content (AvgIpc) is 2.84. The van der Waals surface area contributed by atoms with Crippen LogP contribution in [0.15, 0.2) is 97.2 Å². The lowest BCUT2D eigenvalue weighted by molar-refractivity contribution is 0.102. The Hall–Kier alpha value is -3.92. The molecule has 0 saturated heterocycles. The van der Waals surface area contributed by atoms with Crippen molar-refractivity contribution < 1.29 is 9.53 Å². The number of ether oxygens (including phenoxy) is 1. The van der Waals surface area contributed by atoms with Gasteiger partial charge in [-0.2, -0.15) is 0 Å². The molecule has 1 amide bonds. The molecule has 0 atom stereocenters. The number of carbonyl (C=O) groups is 1. The zero-order valence-corrected chi connectivity index (χ0v) is 17.4. The highest BCUT2D eigenvalue weighted by Crippen LogP contribution is 2.20. The summed E-state index contributed by atoms with van der Waals surface area (Å²) in [6, 6.07) is 29.0. The van der Waals surface area contributed by atoms with E-state index in [2.05, 4.69) is 23.3 Å². The molecule has 4 aromatic rings. The summed E-state index contributed by atoms with van der Waals surface area (Å²) in [4.78, 5) is 17.1. The second kappa shape index (κ2) is 9.72. The minimum atomic E-state index is -0.154. The van der Waals surface area contributed by atoms with Gasteiger partial charge in [0.1, 0.15) is 12.4 Å². The first-order valence-corrected chi connectivity index (χ1v) is 10.3. The monoisotopic (exact) mass is 408 g/mol. The van der Waals surface area contributed by atoms with Crippen LogP contribution in [0.25, 0.3) is 11.3 Å². The number of nitrogens with zero attached hydrogens (tertiary/aromatic N) is 1. The average molecular weight is 409 g/mol. The molecule has 0 aliphatic carbocycles. The summed E-state index contributed by atoms with van der Waals surface area (Å²) < 4.78 is 5.79. The molecule has 1 aromatic heterocycles. The van der Waals surface area contributed by atoms with E-state index in [1.165, 1.54) is 5.56 Å². The Morgan fingerprint density at radius 2 is 1.58 bits per heavy atom. The first-order valence-electron chi connectivity index (χ1n) is 10.3. The van der Waals surface area contributed by atoms with Crippen molar-refractivity contribution in [2.75, 3.05) is 5.32 Å². The van der Waals surface area contributed by atoms with Crippen molar-refractivity contribution in [3.63, 3.8) is 0 Å². The summed E-state index contributed by atoms with van der Waals surface area (Å²) in [6.45, 7) is 2.62. The van der Waals surface area contributed by atoms with Crippen molar-refractivity contribution >= 4 is 11.6 Å². The molecular weight excluding hydrogens is 384 g/mol. The fourth-order valence-corrected chi connectivity index (χ4v) is 3.18. The number of rotatable bonds is 7. The smallest absolute Gasteiger partial charge is 0.255 e. The van der Waals surface area contributed by atoms with Gasteiger partial charge in [0.2, 0.25) is 0 Å². The van der Waals surface area contributed by atoms with Crippen LogP contribution >= 0.6 is 0 Å². The largest absolute Gasteiger partial charge is 0.489 e. The Bertz CT molecular complexity index is 1120. The highest BCUT2D eigenvalue weighted by Gasteiger charge is 2.08. The van der Waals surface area contributed by atoms with Crippen molar-refractivity contribution in [3.8, 4) is 17.0 Å². The molecular formula is C27H24N2O2. The van der Waals surface area contributed by atoms with Gasteiger partial charge in [-0.05, 0) is 60.0 Å². The molecule has 0 bridgehead atoms. The molecule has 1 N–H and O–H groups in total. The maximum absolute atomic E-state index is 12.6. The van der Waals surface area contributed by atoms with Crippen molar-refractivity contribution in [1.82, 2.24) is 4.98 Å². The van der Waals surface area contributed by atoms with E-state index in [1.807, 2.05) is 91.1 Å². The second-order valence-corrected chi connectivity index (χ2v) is 7.24. The van der Waals surface area contributed by atoms with E-state index in [1.54, 1.807) is 0 Å². The molecule has 0 unspecified atom stereocenters. The molecule has 0 radical (unpaired) electrons. The van der Waals surface area contributed by atoms with Crippen LogP contribution < -0.4 is 10.1 Å². The SMILES string of the molecule is CCc1ccc(-c2ccc(C(=O)Nc3ccc(OCc4ccccc4)cc3)cc2)nc1. The first-order chi connectivity index (χ1) is 15.2. The van der Waals surface area contributed by atoms with Crippen molar-refractivity contribution in [1.29, 1.82) is 0 Å². The fraction of sp³-hybridized carbons (Fsp3) is 0.111. The van der Waals surface area contributed by atoms with Crippen LogP contribution in [0.2, 0.25) is 0 Å². The van der Waals surface area contributed by atoms with E-state index in [0.29, 0.717) is 12.2 Å². The second-order valence-electron chi connectivity index (χ2n) is 7.24. The zero-order chi connectivity index (χ0) is 21.5. The molecule has 3 aromatic carbocycles. The highest BCUT2D eigenvalue weighted by atomic mass is 16.5. The number of benzene rings is 3. The number of nitrogens with one attached hydrogen (secondary N) is 1. The molecule has 1 heterocycles. The van der Waals surface area contributed by atoms with Gasteiger partial charge in [-0.15, -0.1) is 0 Å². The van der Waals surface area contributed by atoms with Gasteiger partial charge in [0.25, 0.3) is 5.91 Å². The van der Waals surface area contributed by atoms with Crippen LogP contribution in [0, 0.1) is 0 Å². The van der Waals surface area contributed by atoms with Gasteiger partial charge >= 0.3 is 0 Å². The number of carbonyl (C=O) groups excluding carboxylic acids is 1. The summed E-state index contributed by atoms with van der Waals surface area (Å²) in [5.74, 6) is 0.603. The number of aryl methyl sites for hydroxylation is 1. The lowest BCUT2D eigenvalue weighted by Crippen LogP contribution is -2.11. The summed E-state index contributed by atoms with van der Waals surface area (Å²) in [5, 5.41) is 2.92. The van der Waals surface area contributed by atoms with E-state index < -0.39 is 0 Å². The Balaban J connectivity index is 1.35. The third-order valence-electron chi connectivity index (χ3n) is 5.04. The summed E-state index contributed by atoms with van der Waals surface area (Å²) in [6.07, 6.45) is 2.86. The third-order valence-corrected chi connectivity index (χ3v) is 5.04. The molecule has 0 aliphatic heterocycles. The van der Waals surface area contributed by atoms with Gasteiger partial charge in [-0.3, -0.25) is 9.78 Å². The van der Waals surface area contributed by atoms with Crippen LogP contribution in [0.1, 0.15) is 28.4 Å². The molecule has 31 heavy (non-hydrogen) atoms. The van der Waals surface area contributed by atoms with E-state index >= 15 is 0 Å². The molecule has 0 saturated carbocycles. The normalized spacial score (nSPS) is 10.5. The van der Waals surface area contributed by atoms with E-state index in [-0.39, 0.29) is 5.91 Å². The van der Waals surface area contributed by atoms with Gasteiger partial charge in [0.05, 0.1) is 5.69 Å². The number of hydrogen-bond donors (Lipinski definition) is 1. The number of aromatic nitrogens is 1. The molecule has 4 heteroatoms. The van der Waals surface area contributed by atoms with Gasteiger partial charge in [0.15, 0.2) is 0 Å². The quantitative estimate of drug-likeness (QED) is 0.399. The van der Waals surface area contributed by atoms with Gasteiger partial charge in [-0.25, -0.2) is 0 Å². The van der Waals surface area contributed by atoms with Gasteiger partial charge in [-0.1, -0.05) is 55.5 Å². The number of anilines is 1. The Labute approximate surface area is 182 Å². The number of hydrogen-bond acceptors (Lipinski definition) is 3. The minimum absolute atomic E-state index is 0.154. The molecule has 154 valence electrons. The molecule has 0 aliphatic rings. The number of pyridine rings is 1. The van der Waals surface area contributed by atoms with E-state index in [4.69, 9.17) is 4.74 Å². The maximum Gasteiger partial charge on any atom is 0.255 e. The fourth-order valence-electron chi connectivity index (χ4n) is 3.18. The topological polar surface area (TPSA) is 51.2 Å². The van der Waals surface area contributed by atoms with Crippen molar-refractivity contribution in [2.24, 2.45) is 0 Å². The first kappa shape index (κ1) is 20.4. The molecule has 0 spiro atoms. The lowest BCUT2D eigenvalue weighted by Gasteiger charge is -2.09. The lowest BCUT2D eigenvalue weighted by atomic mass is 10.1. The summed E-state index contributed by atoms with van der Waals surface area (Å²) in [5.41, 5.74) is 5.52. The minimum Gasteiger partial charge on any atom is -0.489 e.